The van der Waals surface area contributed by atoms with Gasteiger partial charge in [0, 0.05) is 23.3 Å². The van der Waals surface area contributed by atoms with Gasteiger partial charge in [-0.2, -0.15) is 4.31 Å². The van der Waals surface area contributed by atoms with Gasteiger partial charge in [0.05, 0.1) is 11.6 Å². The van der Waals surface area contributed by atoms with Crippen LogP contribution in [0.1, 0.15) is 5.56 Å². The van der Waals surface area contributed by atoms with E-state index in [-0.39, 0.29) is 28.3 Å². The fourth-order valence-electron chi connectivity index (χ4n) is 3.16. The summed E-state index contributed by atoms with van der Waals surface area (Å²) in [6.07, 6.45) is 0. The summed E-state index contributed by atoms with van der Waals surface area (Å²) in [5, 5.41) is 2.93. The monoisotopic (exact) mass is 492 g/mol. The molecule has 0 atom stereocenters. The minimum Gasteiger partial charge on any atom is -0.454 e. The Kier molecular flexibility index (Phi) is 6.57. The van der Waals surface area contributed by atoms with E-state index >= 15 is 0 Å². The predicted octanol–water partition coefficient (Wildman–Crippen LogP) is 4.55. The quantitative estimate of drug-likeness (QED) is 0.522. The maximum atomic E-state index is 13.4. The Bertz CT molecular complexity index is 1250. The molecule has 0 bridgehead atoms. The molecule has 0 saturated heterocycles. The zero-order valence-electron chi connectivity index (χ0n) is 16.6. The lowest BCUT2D eigenvalue weighted by Gasteiger charge is -2.22. The van der Waals surface area contributed by atoms with E-state index in [1.54, 1.807) is 42.5 Å². The first-order valence-corrected chi connectivity index (χ1v) is 11.7. The normalized spacial score (nSPS) is 12.7. The van der Waals surface area contributed by atoms with Crippen molar-refractivity contribution in [3.05, 3.63) is 82.3 Å². The van der Waals surface area contributed by atoms with Gasteiger partial charge in [0.15, 0.2) is 11.5 Å². The molecule has 0 saturated carbocycles. The average Bonchev–Trinajstić information content (AvgIpc) is 3.23. The van der Waals surface area contributed by atoms with Crippen molar-refractivity contribution in [3.63, 3.8) is 0 Å². The molecule has 1 N–H and O–H groups in total. The zero-order chi connectivity index (χ0) is 22.7. The molecule has 166 valence electrons. The molecule has 3 aromatic rings. The van der Waals surface area contributed by atoms with Crippen molar-refractivity contribution in [2.24, 2.45) is 0 Å². The number of sulfonamides is 1. The number of hydrogen-bond acceptors (Lipinski definition) is 5. The van der Waals surface area contributed by atoms with Crippen LogP contribution in [-0.4, -0.2) is 32.0 Å². The van der Waals surface area contributed by atoms with Crippen molar-refractivity contribution in [1.82, 2.24) is 4.31 Å². The number of benzene rings is 3. The van der Waals surface area contributed by atoms with Crippen LogP contribution in [0.25, 0.3) is 0 Å². The van der Waals surface area contributed by atoms with Gasteiger partial charge in [-0.1, -0.05) is 53.5 Å². The van der Waals surface area contributed by atoms with E-state index in [0.29, 0.717) is 22.7 Å². The molecule has 1 amide bonds. The average molecular weight is 493 g/mol. The highest BCUT2D eigenvalue weighted by Gasteiger charge is 2.29. The summed E-state index contributed by atoms with van der Waals surface area (Å²) in [6, 6.07) is 18.1. The van der Waals surface area contributed by atoms with E-state index in [1.807, 2.05) is 6.07 Å². The van der Waals surface area contributed by atoms with Gasteiger partial charge in [-0.25, -0.2) is 8.42 Å². The smallest absolute Gasteiger partial charge is 0.245 e. The third-order valence-corrected chi connectivity index (χ3v) is 7.20. The molecule has 32 heavy (non-hydrogen) atoms. The number of fused-ring (bicyclic) bond motifs is 1. The summed E-state index contributed by atoms with van der Waals surface area (Å²) >= 11 is 12.2. The number of nitrogens with one attached hydrogen (secondary N) is 1. The highest BCUT2D eigenvalue weighted by Crippen LogP contribution is 2.34. The summed E-state index contributed by atoms with van der Waals surface area (Å²) in [5.41, 5.74) is 1.17. The second-order valence-electron chi connectivity index (χ2n) is 6.95. The predicted molar refractivity (Wildman–Crippen MR) is 122 cm³/mol. The summed E-state index contributed by atoms with van der Waals surface area (Å²) < 4.78 is 38.5. The Balaban J connectivity index is 1.60. The Morgan fingerprint density at radius 3 is 2.50 bits per heavy atom. The first kappa shape index (κ1) is 22.4. The van der Waals surface area contributed by atoms with Crippen molar-refractivity contribution < 1.29 is 22.7 Å². The molecule has 0 aliphatic carbocycles. The van der Waals surface area contributed by atoms with Gasteiger partial charge in [0.25, 0.3) is 0 Å². The van der Waals surface area contributed by atoms with Crippen molar-refractivity contribution in [3.8, 4) is 11.5 Å². The van der Waals surface area contributed by atoms with Crippen LogP contribution in [0.4, 0.5) is 5.69 Å². The molecule has 7 nitrogen and oxygen atoms in total. The largest absolute Gasteiger partial charge is 0.454 e. The van der Waals surface area contributed by atoms with Crippen LogP contribution in [-0.2, 0) is 21.4 Å². The lowest BCUT2D eigenvalue weighted by atomic mass is 10.2. The SMILES string of the molecule is O=C(CN(Cc1ccccc1)S(=O)(=O)c1cc(Cl)ccc1Cl)Nc1ccc2c(c1)OCO2. The van der Waals surface area contributed by atoms with Crippen molar-refractivity contribution >= 4 is 44.8 Å². The minimum atomic E-state index is -4.14. The Labute approximate surface area is 195 Å². The van der Waals surface area contributed by atoms with Crippen LogP contribution in [0.15, 0.2) is 71.6 Å². The molecule has 0 radical (unpaired) electrons. The molecule has 1 heterocycles. The molecule has 0 unspecified atom stereocenters. The number of carbonyl (C=O) groups is 1. The van der Waals surface area contributed by atoms with Crippen LogP contribution >= 0.6 is 23.2 Å². The van der Waals surface area contributed by atoms with Gasteiger partial charge in [-0.15, -0.1) is 0 Å². The molecule has 0 fully saturated rings. The van der Waals surface area contributed by atoms with Crippen molar-refractivity contribution in [2.45, 2.75) is 11.4 Å². The Morgan fingerprint density at radius 1 is 0.969 bits per heavy atom. The van der Waals surface area contributed by atoms with Gasteiger partial charge < -0.3 is 14.8 Å². The second kappa shape index (κ2) is 9.38. The minimum absolute atomic E-state index is 0.0173. The molecule has 10 heteroatoms. The number of nitrogens with zero attached hydrogens (tertiary/aromatic N) is 1. The van der Waals surface area contributed by atoms with E-state index in [0.717, 1.165) is 4.31 Å². The summed E-state index contributed by atoms with van der Waals surface area (Å²) in [6.45, 7) is -0.356. The van der Waals surface area contributed by atoms with E-state index in [9.17, 15) is 13.2 Å². The van der Waals surface area contributed by atoms with Gasteiger partial charge in [0.2, 0.25) is 22.7 Å². The number of carbonyl (C=O) groups excluding carboxylic acids is 1. The van der Waals surface area contributed by atoms with E-state index in [2.05, 4.69) is 5.32 Å². The van der Waals surface area contributed by atoms with Crippen LogP contribution in [0.5, 0.6) is 11.5 Å². The number of anilines is 1. The number of hydrogen-bond donors (Lipinski definition) is 1. The van der Waals surface area contributed by atoms with Gasteiger partial charge in [-0.3, -0.25) is 4.79 Å². The molecular formula is C22H18Cl2N2O5S. The number of halogens is 2. The lowest BCUT2D eigenvalue weighted by Crippen LogP contribution is -2.37. The maximum absolute atomic E-state index is 13.4. The maximum Gasteiger partial charge on any atom is 0.245 e. The highest BCUT2D eigenvalue weighted by molar-refractivity contribution is 7.89. The molecule has 0 spiro atoms. The van der Waals surface area contributed by atoms with E-state index < -0.39 is 22.5 Å². The van der Waals surface area contributed by atoms with Crippen LogP contribution in [0.2, 0.25) is 10.0 Å². The molecule has 3 aromatic carbocycles. The molecular weight excluding hydrogens is 475 g/mol. The summed E-state index contributed by atoms with van der Waals surface area (Å²) in [4.78, 5) is 12.6. The van der Waals surface area contributed by atoms with Gasteiger partial charge in [-0.05, 0) is 35.9 Å². The highest BCUT2D eigenvalue weighted by atomic mass is 35.5. The van der Waals surface area contributed by atoms with Crippen molar-refractivity contribution in [1.29, 1.82) is 0 Å². The van der Waals surface area contributed by atoms with Gasteiger partial charge in [0.1, 0.15) is 4.90 Å². The molecule has 1 aliphatic heterocycles. The fraction of sp³-hybridized carbons (Fsp3) is 0.136. The molecule has 4 rings (SSSR count). The fourth-order valence-corrected chi connectivity index (χ4v) is 5.28. The van der Waals surface area contributed by atoms with Crippen molar-refractivity contribution in [2.75, 3.05) is 18.7 Å². The summed E-state index contributed by atoms with van der Waals surface area (Å²) in [5.74, 6) is 0.552. The number of ether oxygens (including phenoxy) is 2. The van der Waals surface area contributed by atoms with Gasteiger partial charge >= 0.3 is 0 Å². The zero-order valence-corrected chi connectivity index (χ0v) is 19.0. The third-order valence-electron chi connectivity index (χ3n) is 4.69. The first-order valence-electron chi connectivity index (χ1n) is 9.51. The Morgan fingerprint density at radius 2 is 1.72 bits per heavy atom. The third kappa shape index (κ3) is 4.99. The Hall–Kier alpha value is -2.78. The first-order chi connectivity index (χ1) is 15.3. The lowest BCUT2D eigenvalue weighted by molar-refractivity contribution is -0.116. The molecule has 0 aromatic heterocycles. The second-order valence-corrected chi connectivity index (χ2v) is 9.70. The topological polar surface area (TPSA) is 84.9 Å². The van der Waals surface area contributed by atoms with E-state index in [4.69, 9.17) is 32.7 Å². The van der Waals surface area contributed by atoms with Crippen LogP contribution in [0, 0.1) is 0 Å². The van der Waals surface area contributed by atoms with E-state index in [1.165, 1.54) is 18.2 Å². The van der Waals surface area contributed by atoms with Crippen LogP contribution in [0.3, 0.4) is 0 Å². The molecule has 1 aliphatic rings. The number of rotatable bonds is 7. The number of amides is 1. The van der Waals surface area contributed by atoms with Crippen LogP contribution < -0.4 is 14.8 Å². The standard InChI is InChI=1S/C22H18Cl2N2O5S/c23-16-6-8-18(24)21(10-16)32(28,29)26(12-15-4-2-1-3-5-15)13-22(27)25-17-7-9-19-20(11-17)31-14-30-19/h1-11H,12-14H2,(H,25,27). The summed E-state index contributed by atoms with van der Waals surface area (Å²) in [7, 11) is -4.14.